The fourth-order valence-electron chi connectivity index (χ4n) is 1.76. The number of esters is 1. The zero-order chi connectivity index (χ0) is 19.6. The van der Waals surface area contributed by atoms with Crippen molar-refractivity contribution in [1.82, 2.24) is 9.88 Å². The van der Waals surface area contributed by atoms with Crippen molar-refractivity contribution in [2.24, 2.45) is 0 Å². The maximum atomic E-state index is 12.3. The maximum absolute atomic E-state index is 12.3. The lowest BCUT2D eigenvalue weighted by Crippen LogP contribution is -2.39. The number of carbonyl (C=O) groups excluding carboxylic acids is 2. The van der Waals surface area contributed by atoms with E-state index in [0.29, 0.717) is 12.5 Å². The molecule has 0 bridgehead atoms. The smallest absolute Gasteiger partial charge is 0.410 e. The number of hydrogen-bond acceptors (Lipinski definition) is 6. The van der Waals surface area contributed by atoms with Crippen LogP contribution in [0.4, 0.5) is 4.79 Å². The Morgan fingerprint density at radius 3 is 2.62 bits per heavy atom. The first-order chi connectivity index (χ1) is 12.2. The molecule has 144 valence electrons. The van der Waals surface area contributed by atoms with Gasteiger partial charge in [-0.25, -0.2) is 14.6 Å². The van der Waals surface area contributed by atoms with Crippen LogP contribution >= 0.6 is 22.6 Å². The van der Waals surface area contributed by atoms with Gasteiger partial charge in [-0.05, 0) is 56.4 Å². The molecule has 0 radical (unpaired) electrons. The highest BCUT2D eigenvalue weighted by Gasteiger charge is 2.21. The Morgan fingerprint density at radius 1 is 1.31 bits per heavy atom. The van der Waals surface area contributed by atoms with E-state index in [4.69, 9.17) is 14.2 Å². The molecule has 1 rings (SSSR count). The minimum absolute atomic E-state index is 0.206. The van der Waals surface area contributed by atoms with E-state index in [0.717, 1.165) is 3.57 Å². The molecule has 0 unspecified atom stereocenters. The molecule has 0 atom stereocenters. The van der Waals surface area contributed by atoms with Gasteiger partial charge in [-0.2, -0.15) is 0 Å². The Kier molecular flexibility index (Phi) is 9.39. The zero-order valence-corrected chi connectivity index (χ0v) is 17.7. The number of carbonyl (C=O) groups is 2. The second kappa shape index (κ2) is 11.0. The standard InChI is InChI=1S/C18H25IN2O5/c1-5-24-16(22)7-6-10-21(17(23)26-18(2,3)4)11-12-25-15-9-8-14(19)13-20-15/h6-9,13H,5,10-12H2,1-4H3/b7-6+. The fourth-order valence-corrected chi connectivity index (χ4v) is 2.08. The second-order valence-electron chi connectivity index (χ2n) is 6.24. The summed E-state index contributed by atoms with van der Waals surface area (Å²) < 4.78 is 16.8. The minimum Gasteiger partial charge on any atom is -0.476 e. The van der Waals surface area contributed by atoms with E-state index in [1.54, 1.807) is 46.0 Å². The molecule has 1 aromatic rings. The van der Waals surface area contributed by atoms with Crippen LogP contribution in [0.3, 0.4) is 0 Å². The van der Waals surface area contributed by atoms with Gasteiger partial charge in [0.1, 0.15) is 12.2 Å². The molecule has 0 N–H and O–H groups in total. The van der Waals surface area contributed by atoms with Crippen molar-refractivity contribution in [3.05, 3.63) is 34.1 Å². The van der Waals surface area contributed by atoms with Crippen LogP contribution in [0.2, 0.25) is 0 Å². The Bertz CT molecular complexity index is 611. The molecule has 26 heavy (non-hydrogen) atoms. The number of hydrogen-bond donors (Lipinski definition) is 0. The van der Waals surface area contributed by atoms with Crippen LogP contribution < -0.4 is 4.74 Å². The van der Waals surface area contributed by atoms with Crippen LogP contribution in [0.1, 0.15) is 27.7 Å². The van der Waals surface area contributed by atoms with Gasteiger partial charge in [0.25, 0.3) is 0 Å². The van der Waals surface area contributed by atoms with Crippen molar-refractivity contribution in [2.75, 3.05) is 26.3 Å². The summed E-state index contributed by atoms with van der Waals surface area (Å²) in [6, 6.07) is 3.65. The van der Waals surface area contributed by atoms with Crippen molar-refractivity contribution >= 4 is 34.7 Å². The van der Waals surface area contributed by atoms with E-state index >= 15 is 0 Å². The molecule has 0 fully saturated rings. The van der Waals surface area contributed by atoms with E-state index in [1.165, 1.54) is 11.0 Å². The maximum Gasteiger partial charge on any atom is 0.410 e. The van der Waals surface area contributed by atoms with Crippen molar-refractivity contribution in [1.29, 1.82) is 0 Å². The van der Waals surface area contributed by atoms with Crippen molar-refractivity contribution in [3.8, 4) is 5.88 Å². The van der Waals surface area contributed by atoms with Gasteiger partial charge in [0, 0.05) is 28.5 Å². The molecule has 0 aliphatic heterocycles. The SMILES string of the molecule is CCOC(=O)/C=C/CN(CCOc1ccc(I)cn1)C(=O)OC(C)(C)C. The largest absolute Gasteiger partial charge is 0.476 e. The quantitative estimate of drug-likeness (QED) is 0.325. The van der Waals surface area contributed by atoms with Gasteiger partial charge < -0.3 is 19.1 Å². The number of halogens is 1. The van der Waals surface area contributed by atoms with E-state index in [2.05, 4.69) is 27.6 Å². The van der Waals surface area contributed by atoms with Gasteiger partial charge in [-0.1, -0.05) is 6.08 Å². The molecular weight excluding hydrogens is 451 g/mol. The van der Waals surface area contributed by atoms with Crippen molar-refractivity contribution in [2.45, 2.75) is 33.3 Å². The van der Waals surface area contributed by atoms with E-state index in [1.807, 2.05) is 6.07 Å². The summed E-state index contributed by atoms with van der Waals surface area (Å²) in [5.74, 6) is 0.0348. The molecule has 0 saturated heterocycles. The third-order valence-electron chi connectivity index (χ3n) is 2.83. The third kappa shape index (κ3) is 9.59. The van der Waals surface area contributed by atoms with Gasteiger partial charge in [0.05, 0.1) is 13.2 Å². The topological polar surface area (TPSA) is 78.0 Å². The van der Waals surface area contributed by atoms with Gasteiger partial charge in [-0.3, -0.25) is 0 Å². The fraction of sp³-hybridized carbons (Fsp3) is 0.500. The van der Waals surface area contributed by atoms with E-state index < -0.39 is 17.7 Å². The summed E-state index contributed by atoms with van der Waals surface area (Å²) in [6.07, 6.45) is 4.07. The number of nitrogens with zero attached hydrogens (tertiary/aromatic N) is 2. The number of aromatic nitrogens is 1. The third-order valence-corrected chi connectivity index (χ3v) is 3.47. The van der Waals surface area contributed by atoms with E-state index in [9.17, 15) is 9.59 Å². The average molecular weight is 476 g/mol. The molecule has 7 nitrogen and oxygen atoms in total. The number of pyridine rings is 1. The van der Waals surface area contributed by atoms with Gasteiger partial charge in [0.2, 0.25) is 5.88 Å². The predicted octanol–water partition coefficient (Wildman–Crippen LogP) is 3.42. The molecule has 0 spiro atoms. The van der Waals surface area contributed by atoms with Gasteiger partial charge in [-0.15, -0.1) is 0 Å². The lowest BCUT2D eigenvalue weighted by atomic mass is 10.2. The summed E-state index contributed by atoms with van der Waals surface area (Å²) in [6.45, 7) is 8.16. The molecule has 0 aromatic carbocycles. The van der Waals surface area contributed by atoms with Crippen LogP contribution in [0.5, 0.6) is 5.88 Å². The van der Waals surface area contributed by atoms with Crippen molar-refractivity contribution in [3.63, 3.8) is 0 Å². The predicted molar refractivity (Wildman–Crippen MR) is 106 cm³/mol. The molecular formula is C18H25IN2O5. The zero-order valence-electron chi connectivity index (χ0n) is 15.5. The first-order valence-electron chi connectivity index (χ1n) is 8.27. The van der Waals surface area contributed by atoms with Crippen LogP contribution in [0.15, 0.2) is 30.5 Å². The monoisotopic (exact) mass is 476 g/mol. The lowest BCUT2D eigenvalue weighted by molar-refractivity contribution is -0.137. The van der Waals surface area contributed by atoms with Gasteiger partial charge >= 0.3 is 12.1 Å². The molecule has 0 aliphatic carbocycles. The first-order valence-corrected chi connectivity index (χ1v) is 9.34. The highest BCUT2D eigenvalue weighted by Crippen LogP contribution is 2.11. The molecule has 0 saturated carbocycles. The summed E-state index contributed by atoms with van der Waals surface area (Å²) >= 11 is 2.16. The van der Waals surface area contributed by atoms with Crippen LogP contribution in [-0.4, -0.2) is 53.9 Å². The summed E-state index contributed by atoms with van der Waals surface area (Å²) in [4.78, 5) is 29.3. The Balaban J connectivity index is 2.62. The summed E-state index contributed by atoms with van der Waals surface area (Å²) in [7, 11) is 0. The molecule has 8 heteroatoms. The van der Waals surface area contributed by atoms with Crippen molar-refractivity contribution < 1.29 is 23.8 Å². The van der Waals surface area contributed by atoms with Crippen LogP contribution in [0.25, 0.3) is 0 Å². The first kappa shape index (κ1) is 22.2. The molecule has 1 heterocycles. The van der Waals surface area contributed by atoms with E-state index in [-0.39, 0.29) is 19.7 Å². The molecule has 1 amide bonds. The average Bonchev–Trinajstić information content (AvgIpc) is 2.54. The number of ether oxygens (including phenoxy) is 3. The normalized spacial score (nSPS) is 11.3. The highest BCUT2D eigenvalue weighted by atomic mass is 127. The number of amides is 1. The molecule has 1 aromatic heterocycles. The summed E-state index contributed by atoms with van der Waals surface area (Å²) in [5, 5.41) is 0. The number of rotatable bonds is 8. The van der Waals surface area contributed by atoms with Gasteiger partial charge in [0.15, 0.2) is 0 Å². The summed E-state index contributed by atoms with van der Waals surface area (Å²) in [5.41, 5.74) is -0.612. The Labute approximate surface area is 167 Å². The lowest BCUT2D eigenvalue weighted by Gasteiger charge is -2.26. The van der Waals surface area contributed by atoms with Crippen LogP contribution in [-0.2, 0) is 14.3 Å². The Hall–Kier alpha value is -1.84. The second-order valence-corrected chi connectivity index (χ2v) is 7.49. The highest BCUT2D eigenvalue weighted by molar-refractivity contribution is 14.1. The molecule has 0 aliphatic rings. The Morgan fingerprint density at radius 2 is 2.04 bits per heavy atom. The minimum atomic E-state index is -0.612. The van der Waals surface area contributed by atoms with Crippen LogP contribution in [0, 0.1) is 3.57 Å².